The maximum absolute atomic E-state index is 10.6. The van der Waals surface area contributed by atoms with E-state index in [1.54, 1.807) is 23.1 Å². The lowest BCUT2D eigenvalue weighted by Gasteiger charge is -2.48. The van der Waals surface area contributed by atoms with Gasteiger partial charge in [0.25, 0.3) is 0 Å². The van der Waals surface area contributed by atoms with Gasteiger partial charge in [-0.3, -0.25) is 0 Å². The minimum Gasteiger partial charge on any atom is -0.507 e. The molecule has 3 heterocycles. The normalized spacial score (nSPS) is 17.0. The van der Waals surface area contributed by atoms with Gasteiger partial charge in [0.05, 0.1) is 18.1 Å². The van der Waals surface area contributed by atoms with E-state index < -0.39 is 0 Å². The predicted molar refractivity (Wildman–Crippen MR) is 136 cm³/mol. The van der Waals surface area contributed by atoms with E-state index in [0.29, 0.717) is 23.2 Å². The third-order valence-electron chi connectivity index (χ3n) is 5.81. The average Bonchev–Trinajstić information content (AvgIpc) is 3.11. The van der Waals surface area contributed by atoms with E-state index >= 15 is 0 Å². The summed E-state index contributed by atoms with van der Waals surface area (Å²) in [6.45, 7) is 10.9. The van der Waals surface area contributed by atoms with Gasteiger partial charge in [0, 0.05) is 42.0 Å². The molecule has 1 fully saturated rings. The van der Waals surface area contributed by atoms with E-state index in [1.165, 1.54) is 0 Å². The molecule has 1 aliphatic heterocycles. The summed E-state index contributed by atoms with van der Waals surface area (Å²) in [6.07, 6.45) is 7.34. The molecule has 10 heteroatoms. The van der Waals surface area contributed by atoms with Gasteiger partial charge in [-0.2, -0.15) is 5.10 Å². The molecule has 0 unspecified atom stereocenters. The summed E-state index contributed by atoms with van der Waals surface area (Å²) >= 11 is 0. The molecule has 0 radical (unpaired) electrons. The molecule has 3 aromatic rings. The quantitative estimate of drug-likeness (QED) is 0.558. The van der Waals surface area contributed by atoms with Gasteiger partial charge in [-0.1, -0.05) is 0 Å². The number of hydrogen-bond donors (Lipinski definition) is 2. The molecule has 1 aromatic carbocycles. The number of rotatable bonds is 4. The monoisotopic (exact) mass is 493 g/mol. The van der Waals surface area contributed by atoms with Crippen LogP contribution in [0.2, 0.25) is 0 Å². The molecule has 0 amide bonds. The molecule has 0 aliphatic carbocycles. The molecule has 1 saturated heterocycles. The molecule has 4 rings (SSSR count). The Labute approximate surface area is 207 Å². The highest BCUT2D eigenvalue weighted by molar-refractivity contribution is 5.85. The first kappa shape index (κ1) is 26.8. The third-order valence-corrected chi connectivity index (χ3v) is 5.81. The molecule has 0 spiro atoms. The van der Waals surface area contributed by atoms with E-state index in [0.717, 1.165) is 24.1 Å². The summed E-state index contributed by atoms with van der Waals surface area (Å²) in [6, 6.07) is 5.68. The van der Waals surface area contributed by atoms with Crippen molar-refractivity contribution in [2.75, 3.05) is 11.9 Å². The highest BCUT2D eigenvalue weighted by Gasteiger charge is 2.39. The fourth-order valence-electron chi connectivity index (χ4n) is 4.69. The van der Waals surface area contributed by atoms with Crippen LogP contribution in [0.4, 0.5) is 5.95 Å². The van der Waals surface area contributed by atoms with Crippen molar-refractivity contribution in [3.05, 3.63) is 42.4 Å². The Hall–Kier alpha value is -2.42. The van der Waals surface area contributed by atoms with Crippen molar-refractivity contribution in [1.29, 1.82) is 0 Å². The van der Waals surface area contributed by atoms with Gasteiger partial charge in [-0.05, 0) is 65.2 Å². The van der Waals surface area contributed by atoms with Gasteiger partial charge in [0.2, 0.25) is 5.95 Å². The number of aromatic hydroxyl groups is 1. The Morgan fingerprint density at radius 2 is 1.73 bits per heavy atom. The highest BCUT2D eigenvalue weighted by atomic mass is 35.5. The first-order chi connectivity index (χ1) is 14.5. The van der Waals surface area contributed by atoms with Crippen LogP contribution in [-0.2, 0) is 0 Å². The van der Waals surface area contributed by atoms with Crippen LogP contribution in [-0.4, -0.2) is 54.2 Å². The predicted octanol–water partition coefficient (Wildman–Crippen LogP) is 4.33. The van der Waals surface area contributed by atoms with Gasteiger partial charge >= 0.3 is 0 Å². The summed E-state index contributed by atoms with van der Waals surface area (Å²) in [4.78, 5) is 6.67. The number of nitrogens with one attached hydrogen (secondary N) is 1. The third kappa shape index (κ3) is 5.93. The van der Waals surface area contributed by atoms with Crippen LogP contribution in [0.1, 0.15) is 46.1 Å². The van der Waals surface area contributed by atoms with Gasteiger partial charge in [-0.15, -0.1) is 35.0 Å². The van der Waals surface area contributed by atoms with E-state index in [9.17, 15) is 5.11 Å². The van der Waals surface area contributed by atoms with Crippen molar-refractivity contribution in [1.82, 2.24) is 30.3 Å². The van der Waals surface area contributed by atoms with Gasteiger partial charge in [0.1, 0.15) is 11.4 Å². The van der Waals surface area contributed by atoms with Crippen LogP contribution in [0.25, 0.3) is 16.9 Å². The molecule has 2 N–H and O–H groups in total. The first-order valence-corrected chi connectivity index (χ1v) is 10.6. The number of anilines is 1. The molecule has 1 aliphatic rings. The van der Waals surface area contributed by atoms with Crippen molar-refractivity contribution in [2.24, 2.45) is 0 Å². The van der Waals surface area contributed by atoms with Crippen molar-refractivity contribution in [3.63, 3.8) is 0 Å². The zero-order valence-corrected chi connectivity index (χ0v) is 21.5. The molecular formula is C23H33Cl2N7O. The van der Waals surface area contributed by atoms with Crippen LogP contribution >= 0.6 is 24.8 Å². The second-order valence-corrected chi connectivity index (χ2v) is 9.87. The lowest BCUT2D eigenvalue weighted by molar-refractivity contribution is 0.160. The van der Waals surface area contributed by atoms with Crippen molar-refractivity contribution in [3.8, 4) is 22.7 Å². The molecular weight excluding hydrogens is 461 g/mol. The lowest BCUT2D eigenvalue weighted by Crippen LogP contribution is -2.62. The molecule has 8 nitrogen and oxygen atoms in total. The van der Waals surface area contributed by atoms with Crippen LogP contribution < -0.4 is 10.2 Å². The summed E-state index contributed by atoms with van der Waals surface area (Å²) in [5.74, 6) is 0.704. The van der Waals surface area contributed by atoms with Crippen LogP contribution in [0.3, 0.4) is 0 Å². The number of hydrogen-bond acceptors (Lipinski definition) is 7. The number of piperidine rings is 1. The zero-order chi connectivity index (χ0) is 22.4. The topological polar surface area (TPSA) is 92.0 Å². The number of benzene rings is 1. The van der Waals surface area contributed by atoms with Crippen LogP contribution in [0.15, 0.2) is 36.8 Å². The number of aromatic nitrogens is 5. The number of nitrogens with zero attached hydrogens (tertiary/aromatic N) is 6. The van der Waals surface area contributed by atoms with Gasteiger partial charge in [0.15, 0.2) is 0 Å². The summed E-state index contributed by atoms with van der Waals surface area (Å²) < 4.78 is 1.73. The van der Waals surface area contributed by atoms with E-state index in [1.807, 2.05) is 32.3 Å². The van der Waals surface area contributed by atoms with Gasteiger partial charge < -0.3 is 15.3 Å². The standard InChI is InChI=1S/C23H31N7O.2ClH/c1-15-12-25-30(14-15)16-7-8-18(20(31)9-16)19-13-24-21(27-26-19)29(6)17-10-22(2,3)28-23(4,5)11-17;;/h7-9,12-14,17,28,31H,10-11H2,1-6H3;2*1H. The Kier molecular flexibility index (Phi) is 7.99. The van der Waals surface area contributed by atoms with Crippen molar-refractivity contribution >= 4 is 30.8 Å². The second kappa shape index (κ2) is 9.83. The maximum Gasteiger partial charge on any atom is 0.245 e. The van der Waals surface area contributed by atoms with Crippen LogP contribution in [0, 0.1) is 6.92 Å². The Bertz CT molecular complexity index is 1070. The number of phenolic OH excluding ortho intramolecular Hbond substituents is 1. The minimum absolute atomic E-state index is 0. The second-order valence-electron chi connectivity index (χ2n) is 9.87. The molecule has 0 bridgehead atoms. The maximum atomic E-state index is 10.6. The number of phenols is 1. The van der Waals surface area contributed by atoms with Crippen LogP contribution in [0.5, 0.6) is 5.75 Å². The smallest absolute Gasteiger partial charge is 0.245 e. The van der Waals surface area contributed by atoms with E-state index in [4.69, 9.17) is 0 Å². The first-order valence-electron chi connectivity index (χ1n) is 10.6. The Balaban J connectivity index is 0.00000193. The summed E-state index contributed by atoms with van der Waals surface area (Å²) in [5.41, 5.74) is 3.03. The fourth-order valence-corrected chi connectivity index (χ4v) is 4.69. The number of halogens is 2. The largest absolute Gasteiger partial charge is 0.507 e. The molecule has 0 atom stereocenters. The average molecular weight is 494 g/mol. The zero-order valence-electron chi connectivity index (χ0n) is 19.9. The van der Waals surface area contributed by atoms with Crippen molar-refractivity contribution in [2.45, 2.75) is 64.6 Å². The fraction of sp³-hybridized carbons (Fsp3) is 0.478. The SMILES string of the molecule is Cc1cnn(-c2ccc(-c3cnc(N(C)C4CC(C)(C)NC(C)(C)C4)nn3)c(O)c2)c1.Cl.Cl. The number of aryl methyl sites for hydroxylation is 1. The van der Waals surface area contributed by atoms with E-state index in [-0.39, 0.29) is 41.6 Å². The highest BCUT2D eigenvalue weighted by Crippen LogP contribution is 2.33. The Morgan fingerprint density at radius 3 is 2.24 bits per heavy atom. The lowest BCUT2D eigenvalue weighted by atomic mass is 9.79. The molecule has 180 valence electrons. The van der Waals surface area contributed by atoms with E-state index in [2.05, 4.69) is 58.2 Å². The molecule has 0 saturated carbocycles. The molecule has 33 heavy (non-hydrogen) atoms. The van der Waals surface area contributed by atoms with Gasteiger partial charge in [-0.25, -0.2) is 9.67 Å². The summed E-state index contributed by atoms with van der Waals surface area (Å²) in [7, 11) is 2.02. The van der Waals surface area contributed by atoms with Crippen molar-refractivity contribution < 1.29 is 5.11 Å². The Morgan fingerprint density at radius 1 is 1.06 bits per heavy atom. The molecule has 2 aromatic heterocycles. The summed E-state index contributed by atoms with van der Waals surface area (Å²) in [5, 5.41) is 27.3. The minimum atomic E-state index is 0.